The second-order valence-corrected chi connectivity index (χ2v) is 6.05. The molecular formula is C17H19FN2O4. The van der Waals surface area contributed by atoms with E-state index in [4.69, 9.17) is 4.74 Å². The third-order valence-corrected chi connectivity index (χ3v) is 4.33. The second kappa shape index (κ2) is 7.00. The molecule has 1 aromatic heterocycles. The highest BCUT2D eigenvalue weighted by molar-refractivity contribution is 5.87. The van der Waals surface area contributed by atoms with Crippen LogP contribution in [-0.2, 0) is 11.3 Å². The summed E-state index contributed by atoms with van der Waals surface area (Å²) >= 11 is 0. The molecule has 2 aliphatic rings. The van der Waals surface area contributed by atoms with Crippen LogP contribution in [-0.4, -0.2) is 28.9 Å². The third kappa shape index (κ3) is 3.56. The topological polar surface area (TPSA) is 80.6 Å². The zero-order valence-electron chi connectivity index (χ0n) is 13.1. The Morgan fingerprint density at radius 1 is 1.38 bits per heavy atom. The highest BCUT2D eigenvalue weighted by Crippen LogP contribution is 2.20. The van der Waals surface area contributed by atoms with Crippen molar-refractivity contribution in [2.24, 2.45) is 5.92 Å². The fraction of sp³-hybridized carbons (Fsp3) is 0.412. The molecule has 0 aromatic carbocycles. The van der Waals surface area contributed by atoms with E-state index in [2.05, 4.69) is 5.32 Å². The molecule has 3 rings (SSSR count). The van der Waals surface area contributed by atoms with Crippen LogP contribution < -0.4 is 10.7 Å². The van der Waals surface area contributed by atoms with Gasteiger partial charge in [-0.15, -0.1) is 0 Å². The van der Waals surface area contributed by atoms with Crippen molar-refractivity contribution in [2.75, 3.05) is 13.2 Å². The van der Waals surface area contributed by atoms with Crippen LogP contribution in [0.3, 0.4) is 0 Å². The average Bonchev–Trinajstić information content (AvgIpc) is 2.58. The highest BCUT2D eigenvalue weighted by Gasteiger charge is 2.21. The summed E-state index contributed by atoms with van der Waals surface area (Å²) in [6, 6.07) is -0.544. The molecule has 7 heteroatoms. The normalized spacial score (nSPS) is 21.2. The van der Waals surface area contributed by atoms with E-state index < -0.39 is 23.3 Å². The molecule has 0 aliphatic carbocycles. The van der Waals surface area contributed by atoms with Crippen LogP contribution in [0.5, 0.6) is 0 Å². The molecule has 0 spiro atoms. The van der Waals surface area contributed by atoms with Gasteiger partial charge in [-0.1, -0.05) is 6.08 Å². The summed E-state index contributed by atoms with van der Waals surface area (Å²) in [7, 11) is 0. The van der Waals surface area contributed by atoms with E-state index in [9.17, 15) is 19.1 Å². The summed E-state index contributed by atoms with van der Waals surface area (Å²) in [6.07, 6.45) is 8.78. The van der Waals surface area contributed by atoms with E-state index in [1.165, 1.54) is 24.5 Å². The molecule has 128 valence electrons. The number of aromatic nitrogens is 1. The smallest absolute Gasteiger partial charge is 0.341 e. The van der Waals surface area contributed by atoms with E-state index in [1.54, 1.807) is 10.8 Å². The number of rotatable bonds is 4. The summed E-state index contributed by atoms with van der Waals surface area (Å²) in [5.74, 6) is -1.32. The first kappa shape index (κ1) is 16.4. The number of hydrogen-bond acceptors (Lipinski definition) is 4. The van der Waals surface area contributed by atoms with Crippen molar-refractivity contribution < 1.29 is 19.0 Å². The van der Waals surface area contributed by atoms with Crippen LogP contribution >= 0.6 is 0 Å². The molecule has 2 aliphatic heterocycles. The molecule has 6 nitrogen and oxygen atoms in total. The van der Waals surface area contributed by atoms with Gasteiger partial charge in [0.2, 0.25) is 5.43 Å². The molecule has 24 heavy (non-hydrogen) atoms. The first-order chi connectivity index (χ1) is 11.5. The first-order valence-electron chi connectivity index (χ1n) is 7.89. The Hall–Kier alpha value is -2.41. The van der Waals surface area contributed by atoms with E-state index in [0.29, 0.717) is 31.2 Å². The Balaban J connectivity index is 1.93. The maximum atomic E-state index is 13.1. The lowest BCUT2D eigenvalue weighted by Crippen LogP contribution is -2.29. The number of aromatic carboxylic acids is 1. The number of dihydropyridines is 1. The number of carboxylic acid groups (broad SMARTS) is 1. The van der Waals surface area contributed by atoms with Crippen molar-refractivity contribution in [3.8, 4) is 0 Å². The van der Waals surface area contributed by atoms with Gasteiger partial charge in [0.1, 0.15) is 11.4 Å². The number of ether oxygens (including phenoxy) is 1. The van der Waals surface area contributed by atoms with Gasteiger partial charge in [0.15, 0.2) is 0 Å². The summed E-state index contributed by atoms with van der Waals surface area (Å²) in [5.41, 5.74) is -0.532. The predicted octanol–water partition coefficient (Wildman–Crippen LogP) is 1.98. The van der Waals surface area contributed by atoms with E-state index in [1.807, 2.05) is 0 Å². The van der Waals surface area contributed by atoms with Crippen LogP contribution in [0.2, 0.25) is 0 Å². The highest BCUT2D eigenvalue weighted by atomic mass is 19.1. The number of nitrogens with one attached hydrogen (secondary N) is 1. The summed E-state index contributed by atoms with van der Waals surface area (Å²) in [4.78, 5) is 23.8. The van der Waals surface area contributed by atoms with Gasteiger partial charge in [0.05, 0.1) is 6.04 Å². The fourth-order valence-electron chi connectivity index (χ4n) is 3.02. The van der Waals surface area contributed by atoms with Crippen LogP contribution in [0.25, 0.3) is 0 Å². The van der Waals surface area contributed by atoms with Crippen LogP contribution in [0.4, 0.5) is 4.39 Å². The van der Waals surface area contributed by atoms with Gasteiger partial charge in [-0.05, 0) is 24.8 Å². The van der Waals surface area contributed by atoms with Crippen molar-refractivity contribution in [2.45, 2.75) is 25.4 Å². The molecule has 3 heterocycles. The molecule has 0 amide bonds. The van der Waals surface area contributed by atoms with Crippen molar-refractivity contribution in [3.05, 3.63) is 57.9 Å². The van der Waals surface area contributed by atoms with Crippen LogP contribution in [0.1, 0.15) is 34.8 Å². The number of nitrogens with zero attached hydrogens (tertiary/aromatic N) is 1. The maximum Gasteiger partial charge on any atom is 0.341 e. The molecule has 0 saturated carbocycles. The molecule has 1 saturated heterocycles. The Labute approximate surface area is 138 Å². The molecule has 1 fully saturated rings. The summed E-state index contributed by atoms with van der Waals surface area (Å²) in [5, 5.41) is 12.1. The second-order valence-electron chi connectivity index (χ2n) is 6.05. The van der Waals surface area contributed by atoms with Crippen molar-refractivity contribution >= 4 is 5.97 Å². The zero-order chi connectivity index (χ0) is 17.1. The zero-order valence-corrected chi connectivity index (χ0v) is 13.1. The molecular weight excluding hydrogens is 315 g/mol. The predicted molar refractivity (Wildman–Crippen MR) is 85.4 cm³/mol. The number of halogens is 1. The lowest BCUT2D eigenvalue weighted by atomic mass is 9.99. The standard InChI is InChI=1S/C17H19FN2O4/c18-12-1-2-15(19-7-12)13-9-20(8-11-3-5-24-6-4-11)10-14(16(13)21)17(22)23/h1-2,7,9-11,15,19H,3-6,8H2,(H,22,23). The van der Waals surface area contributed by atoms with Gasteiger partial charge >= 0.3 is 5.97 Å². The lowest BCUT2D eigenvalue weighted by Gasteiger charge is -2.24. The third-order valence-electron chi connectivity index (χ3n) is 4.33. The fourth-order valence-corrected chi connectivity index (χ4v) is 3.02. The van der Waals surface area contributed by atoms with Gasteiger partial charge in [0, 0.05) is 43.9 Å². The molecule has 0 radical (unpaired) electrons. The Bertz CT molecular complexity index is 747. The summed E-state index contributed by atoms with van der Waals surface area (Å²) < 4.78 is 20.2. The molecule has 1 atom stereocenters. The molecule has 2 N–H and O–H groups in total. The summed E-state index contributed by atoms with van der Waals surface area (Å²) in [6.45, 7) is 2.01. The van der Waals surface area contributed by atoms with Gasteiger partial charge in [-0.2, -0.15) is 0 Å². The molecule has 0 bridgehead atoms. The lowest BCUT2D eigenvalue weighted by molar-refractivity contribution is 0.0608. The maximum absolute atomic E-state index is 13.1. The van der Waals surface area contributed by atoms with E-state index >= 15 is 0 Å². The number of carbonyl (C=O) groups is 1. The number of carboxylic acids is 1. The van der Waals surface area contributed by atoms with Crippen molar-refractivity contribution in [1.82, 2.24) is 9.88 Å². The Kier molecular flexibility index (Phi) is 4.80. The Morgan fingerprint density at radius 2 is 2.12 bits per heavy atom. The number of pyridine rings is 1. The SMILES string of the molecule is O=C(O)c1cn(CC2CCOCC2)cc(C2C=CC(F)=CN2)c1=O. The van der Waals surface area contributed by atoms with Gasteiger partial charge in [-0.25, -0.2) is 9.18 Å². The van der Waals surface area contributed by atoms with E-state index in [-0.39, 0.29) is 5.56 Å². The van der Waals surface area contributed by atoms with Crippen LogP contribution in [0.15, 0.2) is 41.4 Å². The van der Waals surface area contributed by atoms with E-state index in [0.717, 1.165) is 12.8 Å². The minimum absolute atomic E-state index is 0.273. The quantitative estimate of drug-likeness (QED) is 0.880. The molecule has 1 aromatic rings. The average molecular weight is 334 g/mol. The number of allylic oxidation sites excluding steroid dienone is 2. The largest absolute Gasteiger partial charge is 0.477 e. The van der Waals surface area contributed by atoms with Crippen molar-refractivity contribution in [1.29, 1.82) is 0 Å². The minimum atomic E-state index is -1.26. The van der Waals surface area contributed by atoms with Gasteiger partial charge in [-0.3, -0.25) is 4.79 Å². The first-order valence-corrected chi connectivity index (χ1v) is 7.89. The minimum Gasteiger partial charge on any atom is -0.477 e. The van der Waals surface area contributed by atoms with Crippen LogP contribution in [0, 0.1) is 5.92 Å². The van der Waals surface area contributed by atoms with Gasteiger partial charge in [0.25, 0.3) is 0 Å². The number of hydrogen-bond donors (Lipinski definition) is 2. The monoisotopic (exact) mass is 334 g/mol. The van der Waals surface area contributed by atoms with Crippen molar-refractivity contribution in [3.63, 3.8) is 0 Å². The molecule has 1 unspecified atom stereocenters. The Morgan fingerprint density at radius 3 is 2.75 bits per heavy atom. The van der Waals surface area contributed by atoms with Gasteiger partial charge < -0.3 is 19.7 Å².